The van der Waals surface area contributed by atoms with Crippen molar-refractivity contribution in [3.05, 3.63) is 35.6 Å². The van der Waals surface area contributed by atoms with Crippen molar-refractivity contribution in [2.45, 2.75) is 26.2 Å². The summed E-state index contributed by atoms with van der Waals surface area (Å²) in [5.41, 5.74) is 0.734. The van der Waals surface area contributed by atoms with Crippen molar-refractivity contribution >= 4 is 5.96 Å². The monoisotopic (exact) mass is 320 g/mol. The molecule has 1 atom stereocenters. The highest BCUT2D eigenvalue weighted by molar-refractivity contribution is 5.79. The Balaban J connectivity index is 1.64. The van der Waals surface area contributed by atoms with Gasteiger partial charge in [0.05, 0.1) is 0 Å². The summed E-state index contributed by atoms with van der Waals surface area (Å²) >= 11 is 0. The van der Waals surface area contributed by atoms with Gasteiger partial charge in [-0.25, -0.2) is 4.39 Å². The largest absolute Gasteiger partial charge is 0.356 e. The number of likely N-dealkylation sites (tertiary alicyclic amines) is 1. The molecule has 0 amide bonds. The van der Waals surface area contributed by atoms with E-state index in [9.17, 15) is 4.39 Å². The normalized spacial score (nSPS) is 19.6. The molecule has 128 valence electrons. The lowest BCUT2D eigenvalue weighted by Gasteiger charge is -2.30. The summed E-state index contributed by atoms with van der Waals surface area (Å²) in [5, 5.41) is 6.58. The molecule has 1 aromatic rings. The fourth-order valence-corrected chi connectivity index (χ4v) is 3.06. The molecule has 0 aliphatic carbocycles. The molecule has 2 N–H and O–H groups in total. The molecule has 1 unspecified atom stereocenters. The molecule has 0 aromatic heterocycles. The molecule has 0 spiro atoms. The maximum absolute atomic E-state index is 13.6. The average molecular weight is 320 g/mol. The van der Waals surface area contributed by atoms with Gasteiger partial charge in [0.1, 0.15) is 5.82 Å². The minimum absolute atomic E-state index is 0.142. The Morgan fingerprint density at radius 3 is 2.83 bits per heavy atom. The third kappa shape index (κ3) is 6.18. The summed E-state index contributed by atoms with van der Waals surface area (Å²) in [7, 11) is 1.77. The van der Waals surface area contributed by atoms with Crippen LogP contribution in [0.15, 0.2) is 29.3 Å². The highest BCUT2D eigenvalue weighted by atomic mass is 19.1. The topological polar surface area (TPSA) is 39.7 Å². The Kier molecular flexibility index (Phi) is 7.33. The second kappa shape index (κ2) is 9.50. The van der Waals surface area contributed by atoms with Crippen LogP contribution in [0.25, 0.3) is 0 Å². The molecule has 1 fully saturated rings. The number of benzene rings is 1. The van der Waals surface area contributed by atoms with Crippen molar-refractivity contribution in [2.75, 3.05) is 39.8 Å². The summed E-state index contributed by atoms with van der Waals surface area (Å²) < 4.78 is 13.6. The summed E-state index contributed by atoms with van der Waals surface area (Å²) in [4.78, 5) is 6.73. The summed E-state index contributed by atoms with van der Waals surface area (Å²) in [6.45, 7) is 7.31. The number of piperidine rings is 1. The van der Waals surface area contributed by atoms with Crippen LogP contribution in [0.1, 0.15) is 25.3 Å². The van der Waals surface area contributed by atoms with Crippen LogP contribution in [-0.4, -0.2) is 50.6 Å². The predicted octanol–water partition coefficient (Wildman–Crippen LogP) is 2.27. The van der Waals surface area contributed by atoms with Crippen LogP contribution >= 0.6 is 0 Å². The molecule has 1 aliphatic rings. The third-order valence-electron chi connectivity index (χ3n) is 4.33. The molecule has 23 heavy (non-hydrogen) atoms. The van der Waals surface area contributed by atoms with Crippen molar-refractivity contribution in [1.29, 1.82) is 0 Å². The number of rotatable bonds is 6. The first-order valence-corrected chi connectivity index (χ1v) is 8.59. The number of halogens is 1. The number of hydrogen-bond donors (Lipinski definition) is 2. The van der Waals surface area contributed by atoms with Gasteiger partial charge in [0.2, 0.25) is 0 Å². The Morgan fingerprint density at radius 1 is 1.30 bits per heavy atom. The van der Waals surface area contributed by atoms with Crippen molar-refractivity contribution in [2.24, 2.45) is 10.9 Å². The second-order valence-corrected chi connectivity index (χ2v) is 6.32. The van der Waals surface area contributed by atoms with Crippen molar-refractivity contribution in [3.8, 4) is 0 Å². The van der Waals surface area contributed by atoms with Crippen molar-refractivity contribution in [3.63, 3.8) is 0 Å². The highest BCUT2D eigenvalue weighted by Gasteiger charge is 2.15. The van der Waals surface area contributed by atoms with Gasteiger partial charge in [-0.05, 0) is 43.4 Å². The first kappa shape index (κ1) is 17.7. The minimum Gasteiger partial charge on any atom is -0.356 e. The van der Waals surface area contributed by atoms with E-state index in [2.05, 4.69) is 27.4 Å². The van der Waals surface area contributed by atoms with Crippen LogP contribution in [0, 0.1) is 11.7 Å². The predicted molar refractivity (Wildman–Crippen MR) is 94.3 cm³/mol. The molecule has 2 rings (SSSR count). The quantitative estimate of drug-likeness (QED) is 0.624. The van der Waals surface area contributed by atoms with Gasteiger partial charge in [0, 0.05) is 33.2 Å². The fourth-order valence-electron chi connectivity index (χ4n) is 3.06. The van der Waals surface area contributed by atoms with Gasteiger partial charge < -0.3 is 15.5 Å². The number of aliphatic imine (C=N–C) groups is 1. The lowest BCUT2D eigenvalue weighted by atomic mass is 10.0. The van der Waals surface area contributed by atoms with E-state index in [4.69, 9.17) is 0 Å². The van der Waals surface area contributed by atoms with E-state index >= 15 is 0 Å². The van der Waals surface area contributed by atoms with E-state index in [1.165, 1.54) is 32.0 Å². The van der Waals surface area contributed by atoms with Gasteiger partial charge in [-0.1, -0.05) is 25.1 Å². The number of hydrogen-bond acceptors (Lipinski definition) is 2. The zero-order chi connectivity index (χ0) is 16.5. The van der Waals surface area contributed by atoms with Gasteiger partial charge in [0.25, 0.3) is 0 Å². The van der Waals surface area contributed by atoms with Gasteiger partial charge in [0.15, 0.2) is 5.96 Å². The molecule has 1 saturated heterocycles. The van der Waals surface area contributed by atoms with E-state index in [0.717, 1.165) is 30.5 Å². The van der Waals surface area contributed by atoms with E-state index in [1.807, 2.05) is 12.1 Å². The zero-order valence-electron chi connectivity index (χ0n) is 14.3. The Hall–Kier alpha value is -1.62. The molecular formula is C18H29FN4. The lowest BCUT2D eigenvalue weighted by molar-refractivity contribution is 0.187. The van der Waals surface area contributed by atoms with E-state index < -0.39 is 0 Å². The number of nitrogens with one attached hydrogen (secondary N) is 2. The summed E-state index contributed by atoms with van der Waals surface area (Å²) in [6.07, 6.45) is 3.30. The van der Waals surface area contributed by atoms with E-state index in [0.29, 0.717) is 13.0 Å². The summed E-state index contributed by atoms with van der Waals surface area (Å²) in [5.74, 6) is 1.45. The standard InChI is InChI=1S/C18H29FN4/c1-15-6-5-12-23(14-15)13-11-22-18(20-2)21-10-9-16-7-3-4-8-17(16)19/h3-4,7-8,15H,5-6,9-14H2,1-2H3,(H2,20,21,22). The van der Waals surface area contributed by atoms with Crippen molar-refractivity contribution in [1.82, 2.24) is 15.5 Å². The average Bonchev–Trinajstić information content (AvgIpc) is 2.55. The molecule has 0 bridgehead atoms. The zero-order valence-corrected chi connectivity index (χ0v) is 14.3. The Bertz CT molecular complexity index is 504. The van der Waals surface area contributed by atoms with Crippen LogP contribution in [0.5, 0.6) is 0 Å². The van der Waals surface area contributed by atoms with Crippen LogP contribution < -0.4 is 10.6 Å². The van der Waals surface area contributed by atoms with Gasteiger partial charge >= 0.3 is 0 Å². The molecule has 4 nitrogen and oxygen atoms in total. The van der Waals surface area contributed by atoms with Crippen molar-refractivity contribution < 1.29 is 4.39 Å². The Labute approximate surface area is 139 Å². The molecule has 1 heterocycles. The summed E-state index contributed by atoms with van der Waals surface area (Å²) in [6, 6.07) is 6.91. The maximum atomic E-state index is 13.6. The fraction of sp³-hybridized carbons (Fsp3) is 0.611. The molecule has 0 radical (unpaired) electrons. The second-order valence-electron chi connectivity index (χ2n) is 6.32. The van der Waals surface area contributed by atoms with Crippen LogP contribution in [-0.2, 0) is 6.42 Å². The first-order valence-electron chi connectivity index (χ1n) is 8.59. The van der Waals surface area contributed by atoms with Crippen LogP contribution in [0.2, 0.25) is 0 Å². The SMILES string of the molecule is CN=C(NCCc1ccccc1F)NCCN1CCCC(C)C1. The van der Waals surface area contributed by atoms with Gasteiger partial charge in [-0.3, -0.25) is 4.99 Å². The van der Waals surface area contributed by atoms with E-state index in [-0.39, 0.29) is 5.82 Å². The van der Waals surface area contributed by atoms with E-state index in [1.54, 1.807) is 13.1 Å². The first-order chi connectivity index (χ1) is 11.2. The van der Waals surface area contributed by atoms with Crippen LogP contribution in [0.3, 0.4) is 0 Å². The number of nitrogens with zero attached hydrogens (tertiary/aromatic N) is 2. The molecule has 5 heteroatoms. The Morgan fingerprint density at radius 2 is 2.09 bits per heavy atom. The number of guanidine groups is 1. The molecule has 0 saturated carbocycles. The minimum atomic E-state index is -0.142. The molecule has 1 aromatic carbocycles. The molecule has 1 aliphatic heterocycles. The van der Waals surface area contributed by atoms with Gasteiger partial charge in [-0.15, -0.1) is 0 Å². The van der Waals surface area contributed by atoms with Gasteiger partial charge in [-0.2, -0.15) is 0 Å². The van der Waals surface area contributed by atoms with Crippen LogP contribution in [0.4, 0.5) is 4.39 Å². The third-order valence-corrected chi connectivity index (χ3v) is 4.33. The smallest absolute Gasteiger partial charge is 0.191 e. The molecular weight excluding hydrogens is 291 g/mol. The maximum Gasteiger partial charge on any atom is 0.191 e. The lowest BCUT2D eigenvalue weighted by Crippen LogP contribution is -2.44. The highest BCUT2D eigenvalue weighted by Crippen LogP contribution is 2.14.